The lowest BCUT2D eigenvalue weighted by Crippen LogP contribution is -2.23. The van der Waals surface area contributed by atoms with Gasteiger partial charge in [0.25, 0.3) is 0 Å². The van der Waals surface area contributed by atoms with Gasteiger partial charge in [0.1, 0.15) is 5.82 Å². The van der Waals surface area contributed by atoms with E-state index in [1.807, 2.05) is 12.1 Å². The number of fused-ring (bicyclic) bond motifs is 1. The van der Waals surface area contributed by atoms with Crippen LogP contribution in [0.3, 0.4) is 0 Å². The Kier molecular flexibility index (Phi) is 3.40. The molecule has 1 amide bonds. The molecule has 2 N–H and O–H groups in total. The molecule has 0 spiro atoms. The molecule has 2 atom stereocenters. The van der Waals surface area contributed by atoms with Gasteiger partial charge in [0.05, 0.1) is 5.69 Å². The summed E-state index contributed by atoms with van der Waals surface area (Å²) < 4.78 is 0. The Morgan fingerprint density at radius 2 is 1.91 bits per heavy atom. The fourth-order valence-corrected chi connectivity index (χ4v) is 3.70. The summed E-state index contributed by atoms with van der Waals surface area (Å²) in [7, 11) is 0. The van der Waals surface area contributed by atoms with E-state index in [1.165, 1.54) is 24.1 Å². The lowest BCUT2D eigenvalue weighted by atomic mass is 9.74. The molecule has 23 heavy (non-hydrogen) atoms. The van der Waals surface area contributed by atoms with Crippen molar-refractivity contribution in [2.45, 2.75) is 44.9 Å². The highest BCUT2D eigenvalue weighted by atomic mass is 16.1. The molecule has 1 heterocycles. The summed E-state index contributed by atoms with van der Waals surface area (Å²) >= 11 is 0. The van der Waals surface area contributed by atoms with Crippen molar-refractivity contribution >= 4 is 5.91 Å². The van der Waals surface area contributed by atoms with Crippen molar-refractivity contribution in [3.63, 3.8) is 0 Å². The van der Waals surface area contributed by atoms with Crippen molar-refractivity contribution in [3.8, 4) is 11.3 Å². The number of hydrogen-bond acceptors (Lipinski definition) is 3. The van der Waals surface area contributed by atoms with Gasteiger partial charge < -0.3 is 5.73 Å². The fourth-order valence-electron chi connectivity index (χ4n) is 3.70. The summed E-state index contributed by atoms with van der Waals surface area (Å²) in [5.41, 5.74) is 10.5. The Bertz CT molecular complexity index is 767. The van der Waals surface area contributed by atoms with Crippen LogP contribution in [0.5, 0.6) is 0 Å². The van der Waals surface area contributed by atoms with Crippen molar-refractivity contribution in [1.82, 2.24) is 9.97 Å². The molecule has 2 aliphatic carbocycles. The van der Waals surface area contributed by atoms with Crippen LogP contribution >= 0.6 is 0 Å². The van der Waals surface area contributed by atoms with Crippen molar-refractivity contribution in [2.24, 2.45) is 11.7 Å². The number of aromatic nitrogens is 2. The molecule has 2 unspecified atom stereocenters. The molecule has 1 saturated carbocycles. The van der Waals surface area contributed by atoms with E-state index in [0.29, 0.717) is 17.4 Å². The van der Waals surface area contributed by atoms with Crippen LogP contribution in [0.1, 0.15) is 59.5 Å². The van der Waals surface area contributed by atoms with Gasteiger partial charge in [-0.3, -0.25) is 4.79 Å². The van der Waals surface area contributed by atoms with Gasteiger partial charge in [-0.1, -0.05) is 19.1 Å². The number of aryl methyl sites for hydroxylation is 1. The van der Waals surface area contributed by atoms with E-state index in [9.17, 15) is 4.79 Å². The zero-order chi connectivity index (χ0) is 16.0. The second kappa shape index (κ2) is 5.44. The smallest absolute Gasteiger partial charge is 0.248 e. The van der Waals surface area contributed by atoms with Gasteiger partial charge in [-0.25, -0.2) is 9.97 Å². The molecule has 2 aliphatic rings. The minimum atomic E-state index is -0.395. The predicted molar refractivity (Wildman–Crippen MR) is 89.1 cm³/mol. The number of benzene rings is 1. The van der Waals surface area contributed by atoms with Crippen LogP contribution in [-0.4, -0.2) is 15.9 Å². The number of nitrogens with zero attached hydrogens (tertiary/aromatic N) is 2. The second-order valence-electron chi connectivity index (χ2n) is 6.81. The molecule has 0 aliphatic heterocycles. The number of amides is 1. The van der Waals surface area contributed by atoms with Gasteiger partial charge >= 0.3 is 0 Å². The first kappa shape index (κ1) is 14.4. The number of carbonyl (C=O) groups excluding carboxylic acids is 1. The maximum Gasteiger partial charge on any atom is 0.248 e. The summed E-state index contributed by atoms with van der Waals surface area (Å²) in [6.45, 7) is 2.28. The summed E-state index contributed by atoms with van der Waals surface area (Å²) in [6.07, 6.45) is 5.72. The maximum atomic E-state index is 11.3. The van der Waals surface area contributed by atoms with Gasteiger partial charge in [0.15, 0.2) is 0 Å². The maximum absolute atomic E-state index is 11.3. The molecule has 0 saturated heterocycles. The highest BCUT2D eigenvalue weighted by molar-refractivity contribution is 5.93. The highest BCUT2D eigenvalue weighted by Gasteiger charge is 2.32. The molecule has 4 heteroatoms. The largest absolute Gasteiger partial charge is 0.366 e. The Hall–Kier alpha value is -2.23. The topological polar surface area (TPSA) is 68.9 Å². The first-order valence-corrected chi connectivity index (χ1v) is 8.43. The Morgan fingerprint density at radius 3 is 2.52 bits per heavy atom. The van der Waals surface area contributed by atoms with Gasteiger partial charge in [0.2, 0.25) is 5.91 Å². The second-order valence-corrected chi connectivity index (χ2v) is 6.81. The van der Waals surface area contributed by atoms with Gasteiger partial charge in [-0.15, -0.1) is 0 Å². The molecule has 1 aromatic carbocycles. The van der Waals surface area contributed by atoms with E-state index < -0.39 is 5.91 Å². The number of hydrogen-bond donors (Lipinski definition) is 1. The minimum absolute atomic E-state index is 0.395. The molecular weight excluding hydrogens is 286 g/mol. The number of carbonyl (C=O) groups is 1. The third kappa shape index (κ3) is 2.42. The summed E-state index contributed by atoms with van der Waals surface area (Å²) in [5.74, 6) is 1.80. The van der Waals surface area contributed by atoms with Crippen LogP contribution in [0.4, 0.5) is 0 Å². The number of rotatable bonds is 3. The van der Waals surface area contributed by atoms with E-state index in [0.717, 1.165) is 36.3 Å². The Balaban J connectivity index is 1.79. The average Bonchev–Trinajstić information content (AvgIpc) is 3.01. The monoisotopic (exact) mass is 307 g/mol. The lowest BCUT2D eigenvalue weighted by Gasteiger charge is -2.33. The standard InChI is InChI=1S/C19H21N3O/c1-11-5-10-14(11)19-21-16-4-2-3-15(16)17(22-19)12-6-8-13(9-7-12)18(20)23/h6-9,11,14H,2-5,10H2,1H3,(H2,20,23). The lowest BCUT2D eigenvalue weighted by molar-refractivity contribution is 0.100. The van der Waals surface area contributed by atoms with Crippen molar-refractivity contribution in [3.05, 3.63) is 46.9 Å². The van der Waals surface area contributed by atoms with Crippen molar-refractivity contribution in [1.29, 1.82) is 0 Å². The van der Waals surface area contributed by atoms with Crippen molar-refractivity contribution in [2.75, 3.05) is 0 Å². The SMILES string of the molecule is CC1CCC1c1nc2c(c(-c3ccc(C(N)=O)cc3)n1)CCC2. The van der Waals surface area contributed by atoms with Crippen LogP contribution in [0.25, 0.3) is 11.3 Å². The molecule has 1 aromatic heterocycles. The molecule has 118 valence electrons. The van der Waals surface area contributed by atoms with E-state index in [2.05, 4.69) is 6.92 Å². The highest BCUT2D eigenvalue weighted by Crippen LogP contribution is 2.42. The van der Waals surface area contributed by atoms with E-state index in [4.69, 9.17) is 15.7 Å². The van der Waals surface area contributed by atoms with Crippen LogP contribution in [0, 0.1) is 5.92 Å². The zero-order valence-corrected chi connectivity index (χ0v) is 13.4. The molecule has 0 radical (unpaired) electrons. The molecular formula is C19H21N3O. The van der Waals surface area contributed by atoms with Crippen LogP contribution in [0.2, 0.25) is 0 Å². The third-order valence-electron chi connectivity index (χ3n) is 5.34. The normalized spacial score (nSPS) is 22.5. The van der Waals surface area contributed by atoms with Crippen LogP contribution in [0.15, 0.2) is 24.3 Å². The summed E-state index contributed by atoms with van der Waals surface area (Å²) in [4.78, 5) is 21.1. The molecule has 4 nitrogen and oxygen atoms in total. The molecule has 2 aromatic rings. The minimum Gasteiger partial charge on any atom is -0.366 e. The Labute approximate surface area is 136 Å². The average molecular weight is 307 g/mol. The fraction of sp³-hybridized carbons (Fsp3) is 0.421. The Morgan fingerprint density at radius 1 is 1.13 bits per heavy atom. The predicted octanol–water partition coefficient (Wildman–Crippen LogP) is 3.24. The number of nitrogens with two attached hydrogens (primary N) is 1. The molecule has 4 rings (SSSR count). The van der Waals surface area contributed by atoms with Crippen molar-refractivity contribution < 1.29 is 4.79 Å². The first-order chi connectivity index (χ1) is 11.1. The van der Waals surface area contributed by atoms with E-state index >= 15 is 0 Å². The van der Waals surface area contributed by atoms with Crippen LogP contribution < -0.4 is 5.73 Å². The molecule has 0 bridgehead atoms. The zero-order valence-electron chi connectivity index (χ0n) is 13.4. The van der Waals surface area contributed by atoms with Gasteiger partial charge in [-0.05, 0) is 50.2 Å². The quantitative estimate of drug-likeness (QED) is 0.946. The number of primary amides is 1. The van der Waals surface area contributed by atoms with Crippen LogP contribution in [-0.2, 0) is 12.8 Å². The summed E-state index contributed by atoms with van der Waals surface area (Å²) in [5, 5.41) is 0. The van der Waals surface area contributed by atoms with E-state index in [-0.39, 0.29) is 0 Å². The van der Waals surface area contributed by atoms with Gasteiger partial charge in [-0.2, -0.15) is 0 Å². The third-order valence-corrected chi connectivity index (χ3v) is 5.34. The van der Waals surface area contributed by atoms with E-state index in [1.54, 1.807) is 12.1 Å². The summed E-state index contributed by atoms with van der Waals surface area (Å²) in [6, 6.07) is 7.48. The molecule has 1 fully saturated rings. The van der Waals surface area contributed by atoms with Gasteiger partial charge in [0, 0.05) is 28.3 Å². The first-order valence-electron chi connectivity index (χ1n) is 8.43.